The number of methoxy groups -OCH3 is 3. The van der Waals surface area contributed by atoms with E-state index in [0.29, 0.717) is 39.2 Å². The Morgan fingerprint density at radius 1 is 0.788 bits per heavy atom. The first-order chi connectivity index (χ1) is 16.0. The Labute approximate surface area is 196 Å². The molecular formula is C25H21ClN2O5. The molecule has 0 atom stereocenters. The van der Waals surface area contributed by atoms with Crippen molar-refractivity contribution in [1.82, 2.24) is 0 Å². The van der Waals surface area contributed by atoms with Crippen molar-refractivity contribution in [3.05, 3.63) is 83.0 Å². The SMILES string of the molecule is COc1cc(NC2=C(c3ccccc3OC)C(=O)N(c3ccc(Cl)cc3)C2=O)cc(OC)c1. The molecule has 0 aliphatic carbocycles. The molecule has 1 N–H and O–H groups in total. The number of amides is 2. The highest BCUT2D eigenvalue weighted by Crippen LogP contribution is 2.38. The number of nitrogens with zero attached hydrogens (tertiary/aromatic N) is 1. The Bertz CT molecular complexity index is 1230. The van der Waals surface area contributed by atoms with Crippen LogP contribution in [-0.2, 0) is 9.59 Å². The van der Waals surface area contributed by atoms with Crippen LogP contribution in [-0.4, -0.2) is 33.1 Å². The molecule has 7 nitrogen and oxygen atoms in total. The summed E-state index contributed by atoms with van der Waals surface area (Å²) in [5.74, 6) is 0.536. The lowest BCUT2D eigenvalue weighted by molar-refractivity contribution is -0.120. The zero-order valence-corrected chi connectivity index (χ0v) is 19.0. The van der Waals surface area contributed by atoms with Crippen molar-refractivity contribution in [2.75, 3.05) is 31.5 Å². The van der Waals surface area contributed by atoms with Crippen LogP contribution >= 0.6 is 11.6 Å². The minimum absolute atomic E-state index is 0.106. The van der Waals surface area contributed by atoms with Crippen LogP contribution < -0.4 is 24.4 Å². The van der Waals surface area contributed by atoms with E-state index in [4.69, 9.17) is 25.8 Å². The fourth-order valence-electron chi connectivity index (χ4n) is 3.60. The minimum Gasteiger partial charge on any atom is -0.497 e. The summed E-state index contributed by atoms with van der Waals surface area (Å²) >= 11 is 6.00. The fraction of sp³-hybridized carbons (Fsp3) is 0.120. The summed E-state index contributed by atoms with van der Waals surface area (Å²) in [7, 11) is 4.58. The number of imide groups is 1. The van der Waals surface area contributed by atoms with Crippen molar-refractivity contribution in [1.29, 1.82) is 0 Å². The number of halogens is 1. The van der Waals surface area contributed by atoms with Crippen LogP contribution in [0.15, 0.2) is 72.4 Å². The van der Waals surface area contributed by atoms with Gasteiger partial charge in [-0.05, 0) is 30.3 Å². The number of anilines is 2. The van der Waals surface area contributed by atoms with E-state index in [1.54, 1.807) is 66.7 Å². The van der Waals surface area contributed by atoms with E-state index < -0.39 is 11.8 Å². The molecule has 33 heavy (non-hydrogen) atoms. The number of hydrogen-bond acceptors (Lipinski definition) is 6. The van der Waals surface area contributed by atoms with Gasteiger partial charge in [0.15, 0.2) is 0 Å². The second-order valence-corrected chi connectivity index (χ2v) is 7.54. The van der Waals surface area contributed by atoms with Gasteiger partial charge in [0.2, 0.25) is 0 Å². The average molecular weight is 465 g/mol. The Morgan fingerprint density at radius 3 is 2.03 bits per heavy atom. The average Bonchev–Trinajstić information content (AvgIpc) is 3.08. The van der Waals surface area contributed by atoms with E-state index in [0.717, 1.165) is 4.90 Å². The molecule has 0 fully saturated rings. The lowest BCUT2D eigenvalue weighted by Crippen LogP contribution is -2.32. The molecule has 0 radical (unpaired) electrons. The van der Waals surface area contributed by atoms with Gasteiger partial charge in [-0.1, -0.05) is 29.8 Å². The summed E-state index contributed by atoms with van der Waals surface area (Å²) < 4.78 is 16.1. The largest absolute Gasteiger partial charge is 0.497 e. The molecule has 2 amide bonds. The second kappa shape index (κ2) is 9.26. The van der Waals surface area contributed by atoms with Crippen molar-refractivity contribution >= 4 is 40.4 Å². The lowest BCUT2D eigenvalue weighted by Gasteiger charge is -2.16. The third-order valence-corrected chi connectivity index (χ3v) is 5.42. The van der Waals surface area contributed by atoms with E-state index in [1.165, 1.54) is 21.3 Å². The smallest absolute Gasteiger partial charge is 0.282 e. The molecule has 0 saturated heterocycles. The number of nitrogens with one attached hydrogen (secondary N) is 1. The van der Waals surface area contributed by atoms with Gasteiger partial charge in [-0.3, -0.25) is 9.59 Å². The third-order valence-electron chi connectivity index (χ3n) is 5.17. The van der Waals surface area contributed by atoms with Crippen LogP contribution in [0.2, 0.25) is 5.02 Å². The van der Waals surface area contributed by atoms with Gasteiger partial charge in [0.1, 0.15) is 22.9 Å². The number of hydrogen-bond donors (Lipinski definition) is 1. The molecule has 0 aromatic heterocycles. The van der Waals surface area contributed by atoms with Crippen molar-refractivity contribution < 1.29 is 23.8 Å². The monoisotopic (exact) mass is 464 g/mol. The van der Waals surface area contributed by atoms with Crippen LogP contribution in [0, 0.1) is 0 Å². The summed E-state index contributed by atoms with van der Waals surface area (Å²) in [6.07, 6.45) is 0. The predicted octanol–water partition coefficient (Wildman–Crippen LogP) is 4.76. The highest BCUT2D eigenvalue weighted by Gasteiger charge is 2.41. The van der Waals surface area contributed by atoms with Crippen LogP contribution in [0.5, 0.6) is 17.2 Å². The molecule has 3 aromatic rings. The third kappa shape index (κ3) is 4.23. The molecule has 0 bridgehead atoms. The topological polar surface area (TPSA) is 77.1 Å². The van der Waals surface area contributed by atoms with Gasteiger partial charge in [0.25, 0.3) is 11.8 Å². The summed E-state index contributed by atoms with van der Waals surface area (Å²) in [6.45, 7) is 0. The number of ether oxygens (including phenoxy) is 3. The maximum Gasteiger partial charge on any atom is 0.282 e. The molecule has 1 aliphatic rings. The molecule has 168 valence electrons. The van der Waals surface area contributed by atoms with Gasteiger partial charge in [0, 0.05) is 34.5 Å². The molecule has 0 saturated carbocycles. The molecular weight excluding hydrogens is 444 g/mol. The Balaban J connectivity index is 1.86. The predicted molar refractivity (Wildman–Crippen MR) is 127 cm³/mol. The Hall–Kier alpha value is -3.97. The van der Waals surface area contributed by atoms with Crippen LogP contribution in [0.1, 0.15) is 5.56 Å². The van der Waals surface area contributed by atoms with Crippen molar-refractivity contribution in [2.45, 2.75) is 0 Å². The van der Waals surface area contributed by atoms with Crippen molar-refractivity contribution in [2.24, 2.45) is 0 Å². The number of benzene rings is 3. The molecule has 1 aliphatic heterocycles. The zero-order chi connectivity index (χ0) is 23.5. The number of carbonyl (C=O) groups excluding carboxylic acids is 2. The second-order valence-electron chi connectivity index (χ2n) is 7.10. The highest BCUT2D eigenvalue weighted by atomic mass is 35.5. The number of para-hydroxylation sites is 1. The van der Waals surface area contributed by atoms with Crippen LogP contribution in [0.3, 0.4) is 0 Å². The van der Waals surface area contributed by atoms with Crippen LogP contribution in [0.25, 0.3) is 5.57 Å². The fourth-order valence-corrected chi connectivity index (χ4v) is 3.72. The van der Waals surface area contributed by atoms with Gasteiger partial charge in [-0.25, -0.2) is 4.90 Å². The summed E-state index contributed by atoms with van der Waals surface area (Å²) in [5, 5.41) is 3.61. The van der Waals surface area contributed by atoms with Crippen molar-refractivity contribution in [3.63, 3.8) is 0 Å². The molecule has 4 rings (SSSR count). The molecule has 0 spiro atoms. The highest BCUT2D eigenvalue weighted by molar-refractivity contribution is 6.46. The van der Waals surface area contributed by atoms with E-state index >= 15 is 0 Å². The van der Waals surface area contributed by atoms with Gasteiger partial charge in [-0.2, -0.15) is 0 Å². The van der Waals surface area contributed by atoms with Gasteiger partial charge in [0.05, 0.1) is 32.6 Å². The maximum absolute atomic E-state index is 13.6. The molecule has 8 heteroatoms. The number of carbonyl (C=O) groups is 2. The van der Waals surface area contributed by atoms with E-state index in [2.05, 4.69) is 5.32 Å². The van der Waals surface area contributed by atoms with E-state index in [-0.39, 0.29) is 11.3 Å². The Kier molecular flexibility index (Phi) is 6.24. The maximum atomic E-state index is 13.6. The first kappa shape index (κ1) is 22.2. The summed E-state index contributed by atoms with van der Waals surface area (Å²) in [6, 6.07) is 18.7. The van der Waals surface area contributed by atoms with E-state index in [9.17, 15) is 9.59 Å². The molecule has 3 aromatic carbocycles. The first-order valence-corrected chi connectivity index (χ1v) is 10.4. The zero-order valence-electron chi connectivity index (χ0n) is 18.2. The first-order valence-electron chi connectivity index (χ1n) is 9.99. The standard InChI is InChI=1S/C25H21ClN2O5/c1-31-18-12-16(13-19(14-18)32-2)27-23-22(20-6-4-5-7-21(20)33-3)24(29)28(25(23)30)17-10-8-15(26)9-11-17/h4-14,27H,1-3H3. The molecule has 0 unspecified atom stereocenters. The van der Waals surface area contributed by atoms with Crippen molar-refractivity contribution in [3.8, 4) is 17.2 Å². The quantitative estimate of drug-likeness (QED) is 0.508. The lowest BCUT2D eigenvalue weighted by atomic mass is 10.0. The molecule has 1 heterocycles. The van der Waals surface area contributed by atoms with Crippen LogP contribution in [0.4, 0.5) is 11.4 Å². The normalized spacial score (nSPS) is 13.4. The minimum atomic E-state index is -0.509. The Morgan fingerprint density at radius 2 is 1.42 bits per heavy atom. The summed E-state index contributed by atoms with van der Waals surface area (Å²) in [5.41, 5.74) is 1.71. The van der Waals surface area contributed by atoms with Gasteiger partial charge >= 0.3 is 0 Å². The van der Waals surface area contributed by atoms with Gasteiger partial charge < -0.3 is 19.5 Å². The van der Waals surface area contributed by atoms with E-state index in [1.807, 2.05) is 0 Å². The van der Waals surface area contributed by atoms with Gasteiger partial charge in [-0.15, -0.1) is 0 Å². The number of rotatable bonds is 7. The summed E-state index contributed by atoms with van der Waals surface area (Å²) in [4.78, 5) is 28.2.